The average Bonchev–Trinajstić information content (AvgIpc) is 2.10. The molecule has 15 heavy (non-hydrogen) atoms. The Morgan fingerprint density at radius 1 is 1.60 bits per heavy atom. The average molecular weight is 232 g/mol. The molecule has 2 unspecified atom stereocenters. The predicted molar refractivity (Wildman–Crippen MR) is 61.9 cm³/mol. The molecule has 0 aromatic carbocycles. The van der Waals surface area contributed by atoms with Crippen molar-refractivity contribution >= 4 is 16.7 Å². The zero-order chi connectivity index (χ0) is 11.5. The van der Waals surface area contributed by atoms with E-state index in [1.165, 1.54) is 0 Å². The summed E-state index contributed by atoms with van der Waals surface area (Å²) in [5.41, 5.74) is 5.25. The molecule has 88 valence electrons. The van der Waals surface area contributed by atoms with Crippen molar-refractivity contribution in [2.75, 3.05) is 12.0 Å². The van der Waals surface area contributed by atoms with Crippen LogP contribution in [0, 0.1) is 0 Å². The van der Waals surface area contributed by atoms with Gasteiger partial charge >= 0.3 is 0 Å². The van der Waals surface area contributed by atoms with E-state index in [0.29, 0.717) is 5.75 Å². The van der Waals surface area contributed by atoms with Gasteiger partial charge in [0.1, 0.15) is 0 Å². The highest BCUT2D eigenvalue weighted by molar-refractivity contribution is 7.84. The zero-order valence-electron chi connectivity index (χ0n) is 9.41. The Morgan fingerprint density at radius 3 is 2.60 bits per heavy atom. The fraction of sp³-hybridized carbons (Fsp3) is 0.900. The highest BCUT2D eigenvalue weighted by Crippen LogP contribution is 2.29. The molecule has 0 radical (unpaired) electrons. The van der Waals surface area contributed by atoms with Crippen molar-refractivity contribution in [3.05, 3.63) is 0 Å². The molecule has 0 heterocycles. The van der Waals surface area contributed by atoms with Gasteiger partial charge in [-0.15, -0.1) is 0 Å². The molecule has 0 spiro atoms. The van der Waals surface area contributed by atoms with Crippen molar-refractivity contribution in [2.45, 2.75) is 44.2 Å². The van der Waals surface area contributed by atoms with Crippen LogP contribution in [0.2, 0.25) is 0 Å². The number of nitrogens with two attached hydrogens (primary N) is 1. The molecule has 3 N–H and O–H groups in total. The lowest BCUT2D eigenvalue weighted by molar-refractivity contribution is -0.129. The lowest BCUT2D eigenvalue weighted by Crippen LogP contribution is -2.59. The molecule has 0 aromatic heterocycles. The lowest BCUT2D eigenvalue weighted by Gasteiger charge is -2.37. The second-order valence-corrected chi connectivity index (χ2v) is 6.00. The van der Waals surface area contributed by atoms with E-state index in [2.05, 4.69) is 5.32 Å². The van der Waals surface area contributed by atoms with Crippen LogP contribution in [0.1, 0.15) is 32.6 Å². The Hall–Kier alpha value is -0.420. The largest absolute Gasteiger partial charge is 0.352 e. The predicted octanol–water partition coefficient (Wildman–Crippen LogP) is 0.141. The second kappa shape index (κ2) is 5.07. The maximum absolute atomic E-state index is 11.7. The van der Waals surface area contributed by atoms with E-state index in [4.69, 9.17) is 5.73 Å². The minimum absolute atomic E-state index is 0.0527. The first-order valence-corrected chi connectivity index (χ1v) is 7.06. The molecule has 1 aliphatic carbocycles. The molecule has 4 nitrogen and oxygen atoms in total. The molecule has 1 amide bonds. The number of carbonyl (C=O) groups is 1. The van der Waals surface area contributed by atoms with E-state index in [1.807, 2.05) is 6.92 Å². The van der Waals surface area contributed by atoms with Crippen molar-refractivity contribution in [1.29, 1.82) is 0 Å². The fourth-order valence-electron chi connectivity index (χ4n) is 1.57. The highest BCUT2D eigenvalue weighted by atomic mass is 32.2. The number of nitrogens with one attached hydrogen (secondary N) is 1. The van der Waals surface area contributed by atoms with Gasteiger partial charge in [-0.3, -0.25) is 9.00 Å². The van der Waals surface area contributed by atoms with E-state index < -0.39 is 16.3 Å². The SMILES string of the molecule is CC(CCS(C)=O)NC(=O)C1(N)CCC1. The summed E-state index contributed by atoms with van der Waals surface area (Å²) >= 11 is 0. The molecule has 1 aliphatic rings. The lowest BCUT2D eigenvalue weighted by atomic mass is 9.77. The number of hydrogen-bond donors (Lipinski definition) is 2. The Morgan fingerprint density at radius 2 is 2.20 bits per heavy atom. The first-order valence-electron chi connectivity index (χ1n) is 5.34. The summed E-state index contributed by atoms with van der Waals surface area (Å²) in [6.07, 6.45) is 5.02. The normalized spacial score (nSPS) is 22.6. The van der Waals surface area contributed by atoms with Crippen molar-refractivity contribution in [3.8, 4) is 0 Å². The second-order valence-electron chi connectivity index (χ2n) is 4.45. The Bertz CT molecular complexity index is 264. The molecule has 0 aromatic rings. The maximum Gasteiger partial charge on any atom is 0.240 e. The number of rotatable bonds is 5. The summed E-state index contributed by atoms with van der Waals surface area (Å²) in [4.78, 5) is 11.7. The highest BCUT2D eigenvalue weighted by Gasteiger charge is 2.40. The minimum Gasteiger partial charge on any atom is -0.352 e. The van der Waals surface area contributed by atoms with Crippen LogP contribution >= 0.6 is 0 Å². The molecule has 0 saturated heterocycles. The van der Waals surface area contributed by atoms with E-state index in [9.17, 15) is 9.00 Å². The van der Waals surface area contributed by atoms with E-state index in [-0.39, 0.29) is 11.9 Å². The van der Waals surface area contributed by atoms with Gasteiger partial charge in [-0.1, -0.05) is 0 Å². The molecule has 2 atom stereocenters. The van der Waals surface area contributed by atoms with Gasteiger partial charge in [0.05, 0.1) is 5.54 Å². The summed E-state index contributed by atoms with van der Waals surface area (Å²) in [5, 5.41) is 2.88. The van der Waals surface area contributed by atoms with Crippen molar-refractivity contribution in [1.82, 2.24) is 5.32 Å². The zero-order valence-corrected chi connectivity index (χ0v) is 10.2. The van der Waals surface area contributed by atoms with Gasteiger partial charge < -0.3 is 11.1 Å². The fourth-order valence-corrected chi connectivity index (χ4v) is 2.25. The van der Waals surface area contributed by atoms with Gasteiger partial charge in [0.25, 0.3) is 0 Å². The van der Waals surface area contributed by atoms with Gasteiger partial charge in [0, 0.05) is 28.9 Å². The van der Waals surface area contributed by atoms with Gasteiger partial charge in [-0.2, -0.15) is 0 Å². The van der Waals surface area contributed by atoms with Crippen LogP contribution in [0.15, 0.2) is 0 Å². The molecule has 5 heteroatoms. The Kier molecular flexibility index (Phi) is 4.28. The molecular formula is C10H20N2O2S. The van der Waals surface area contributed by atoms with E-state index in [1.54, 1.807) is 6.26 Å². The quantitative estimate of drug-likeness (QED) is 0.708. The first kappa shape index (κ1) is 12.6. The molecule has 0 aliphatic heterocycles. The third kappa shape index (κ3) is 3.57. The van der Waals surface area contributed by atoms with Gasteiger partial charge in [0.2, 0.25) is 5.91 Å². The summed E-state index contributed by atoms with van der Waals surface area (Å²) in [6, 6.07) is 0.0578. The standard InChI is InChI=1S/C10H20N2O2S/c1-8(4-7-15(2)14)12-9(13)10(11)5-3-6-10/h8H,3-7,11H2,1-2H3,(H,12,13). The van der Waals surface area contributed by atoms with E-state index >= 15 is 0 Å². The molecule has 1 saturated carbocycles. The third-order valence-corrected chi connectivity index (χ3v) is 3.72. The molecule has 0 bridgehead atoms. The number of hydrogen-bond acceptors (Lipinski definition) is 3. The minimum atomic E-state index is -0.792. The summed E-state index contributed by atoms with van der Waals surface area (Å²) in [7, 11) is -0.792. The molecular weight excluding hydrogens is 212 g/mol. The van der Waals surface area contributed by atoms with E-state index in [0.717, 1.165) is 25.7 Å². The number of carbonyl (C=O) groups excluding carboxylic acids is 1. The van der Waals surface area contributed by atoms with Crippen LogP contribution in [0.25, 0.3) is 0 Å². The molecule has 1 fully saturated rings. The van der Waals surface area contributed by atoms with Crippen LogP contribution in [0.4, 0.5) is 0 Å². The summed E-state index contributed by atoms with van der Waals surface area (Å²) < 4.78 is 10.9. The smallest absolute Gasteiger partial charge is 0.240 e. The van der Waals surface area contributed by atoms with Gasteiger partial charge in [0.15, 0.2) is 0 Å². The van der Waals surface area contributed by atoms with Crippen LogP contribution < -0.4 is 11.1 Å². The van der Waals surface area contributed by atoms with Crippen molar-refractivity contribution in [3.63, 3.8) is 0 Å². The van der Waals surface area contributed by atoms with Crippen molar-refractivity contribution < 1.29 is 9.00 Å². The van der Waals surface area contributed by atoms with Crippen LogP contribution in [0.3, 0.4) is 0 Å². The summed E-state index contributed by atoms with van der Waals surface area (Å²) in [5.74, 6) is 0.571. The van der Waals surface area contributed by atoms with Crippen LogP contribution in [-0.4, -0.2) is 33.7 Å². The van der Waals surface area contributed by atoms with Gasteiger partial charge in [-0.25, -0.2) is 0 Å². The van der Waals surface area contributed by atoms with Crippen LogP contribution in [-0.2, 0) is 15.6 Å². The molecule has 1 rings (SSSR count). The monoisotopic (exact) mass is 232 g/mol. The summed E-state index contributed by atoms with van der Waals surface area (Å²) in [6.45, 7) is 1.92. The topological polar surface area (TPSA) is 72.2 Å². The maximum atomic E-state index is 11.7. The third-order valence-electron chi connectivity index (χ3n) is 2.91. The number of amides is 1. The van der Waals surface area contributed by atoms with Crippen LogP contribution in [0.5, 0.6) is 0 Å². The Labute approximate surface area is 93.4 Å². The Balaban J connectivity index is 2.28. The van der Waals surface area contributed by atoms with Crippen molar-refractivity contribution in [2.24, 2.45) is 5.73 Å². The van der Waals surface area contributed by atoms with Gasteiger partial charge in [-0.05, 0) is 32.6 Å². The first-order chi connectivity index (χ1) is 6.94.